The molecule has 0 saturated heterocycles. The quantitative estimate of drug-likeness (QED) is 0.0469. The predicted molar refractivity (Wildman–Crippen MR) is 181 cm³/mol. The number of hydrogen-bond donors (Lipinski definition) is 1. The van der Waals surface area contributed by atoms with E-state index >= 15 is 0 Å². The summed E-state index contributed by atoms with van der Waals surface area (Å²) in [6.45, 7) is 4.51. The van der Waals surface area contributed by atoms with Gasteiger partial charge < -0.3 is 9.84 Å². The molecule has 4 heteroatoms. The Morgan fingerprint density at radius 2 is 0.952 bits per heavy atom. The summed E-state index contributed by atoms with van der Waals surface area (Å²) in [4.78, 5) is 23.5. The van der Waals surface area contributed by atoms with Crippen molar-refractivity contribution in [1.29, 1.82) is 0 Å². The van der Waals surface area contributed by atoms with Crippen LogP contribution >= 0.6 is 0 Å². The molecule has 0 aromatic heterocycles. The minimum atomic E-state index is -0.814. The van der Waals surface area contributed by atoms with Gasteiger partial charge in [0.25, 0.3) is 0 Å². The van der Waals surface area contributed by atoms with Gasteiger partial charge in [0.2, 0.25) is 0 Å². The number of carbonyl (C=O) groups is 2. The van der Waals surface area contributed by atoms with Crippen LogP contribution in [0, 0.1) is 0 Å². The summed E-state index contributed by atoms with van der Waals surface area (Å²) >= 11 is 0. The van der Waals surface area contributed by atoms with E-state index in [-0.39, 0.29) is 18.5 Å². The number of hydrogen-bond acceptors (Lipinski definition) is 3. The van der Waals surface area contributed by atoms with Crippen molar-refractivity contribution < 1.29 is 19.4 Å². The molecule has 1 unspecified atom stereocenters. The highest BCUT2D eigenvalue weighted by Crippen LogP contribution is 2.17. The van der Waals surface area contributed by atoms with Crippen molar-refractivity contribution >= 4 is 11.9 Å². The number of ether oxygens (including phenoxy) is 1. The van der Waals surface area contributed by atoms with Crippen molar-refractivity contribution in [3.05, 3.63) is 24.3 Å². The van der Waals surface area contributed by atoms with E-state index in [9.17, 15) is 9.59 Å². The Balaban J connectivity index is 3.78. The summed E-state index contributed by atoms with van der Waals surface area (Å²) in [5.74, 6) is -0.966. The van der Waals surface area contributed by atoms with Crippen LogP contribution in [0.4, 0.5) is 0 Å². The Morgan fingerprint density at radius 1 is 0.524 bits per heavy atom. The molecule has 42 heavy (non-hydrogen) atoms. The molecule has 0 radical (unpaired) electrons. The average Bonchev–Trinajstić information content (AvgIpc) is 2.97. The van der Waals surface area contributed by atoms with E-state index in [1.54, 1.807) is 0 Å². The summed E-state index contributed by atoms with van der Waals surface area (Å²) in [5.41, 5.74) is 0. The van der Waals surface area contributed by atoms with Gasteiger partial charge in [-0.2, -0.15) is 0 Å². The largest absolute Gasteiger partial charge is 0.481 e. The highest BCUT2D eigenvalue weighted by molar-refractivity contribution is 5.69. The molecule has 0 saturated carbocycles. The van der Waals surface area contributed by atoms with Crippen LogP contribution < -0.4 is 0 Å². The van der Waals surface area contributed by atoms with E-state index in [0.717, 1.165) is 51.4 Å². The highest BCUT2D eigenvalue weighted by Gasteiger charge is 2.15. The number of unbranched alkanes of at least 4 members (excludes halogenated alkanes) is 21. The van der Waals surface area contributed by atoms with Crippen LogP contribution in [0.3, 0.4) is 0 Å². The van der Waals surface area contributed by atoms with Gasteiger partial charge in [-0.3, -0.25) is 9.59 Å². The average molecular weight is 591 g/mol. The molecular weight excluding hydrogens is 520 g/mol. The number of allylic oxidation sites excluding steroid dienone is 4. The Labute approximate surface area is 261 Å². The molecule has 246 valence electrons. The lowest BCUT2D eigenvalue weighted by atomic mass is 10.0. The van der Waals surface area contributed by atoms with Crippen LogP contribution in [0.1, 0.15) is 200 Å². The van der Waals surface area contributed by atoms with Gasteiger partial charge in [0.05, 0.1) is 0 Å². The Kier molecular flexibility index (Phi) is 32.6. The molecule has 0 rings (SSSR count). The molecule has 0 fully saturated rings. The maximum Gasteiger partial charge on any atom is 0.306 e. The number of carboxylic acids is 1. The van der Waals surface area contributed by atoms with Crippen molar-refractivity contribution in [2.24, 2.45) is 0 Å². The SMILES string of the molecule is CCCCC/C=C\C/C=C\CCCCCCCC(=O)OC(CCCCCCCCCCCCCCCC)CCC(=O)O. The number of carbonyl (C=O) groups excluding carboxylic acids is 1. The zero-order valence-electron chi connectivity index (χ0n) is 28.1. The molecule has 0 amide bonds. The number of aliphatic carboxylic acids is 1. The van der Waals surface area contributed by atoms with Crippen LogP contribution in [0.25, 0.3) is 0 Å². The lowest BCUT2D eigenvalue weighted by Gasteiger charge is -2.17. The van der Waals surface area contributed by atoms with Crippen LogP contribution in [0.2, 0.25) is 0 Å². The number of esters is 1. The molecule has 1 atom stereocenters. The predicted octanol–water partition coefficient (Wildman–Crippen LogP) is 12.4. The number of carboxylic acid groups (broad SMARTS) is 1. The molecule has 0 spiro atoms. The van der Waals surface area contributed by atoms with E-state index in [1.807, 2.05) is 0 Å². The molecule has 4 nitrogen and oxygen atoms in total. The zero-order valence-corrected chi connectivity index (χ0v) is 28.1. The van der Waals surface area contributed by atoms with Crippen LogP contribution in [0.15, 0.2) is 24.3 Å². The van der Waals surface area contributed by atoms with Crippen molar-refractivity contribution in [3.8, 4) is 0 Å². The van der Waals surface area contributed by atoms with E-state index in [0.29, 0.717) is 12.8 Å². The fourth-order valence-corrected chi connectivity index (χ4v) is 5.44. The summed E-state index contributed by atoms with van der Waals surface area (Å²) in [7, 11) is 0. The second kappa shape index (κ2) is 33.9. The van der Waals surface area contributed by atoms with Crippen molar-refractivity contribution in [2.45, 2.75) is 206 Å². The van der Waals surface area contributed by atoms with Gasteiger partial charge in [0.1, 0.15) is 6.10 Å². The molecule has 0 bridgehead atoms. The first-order valence-corrected chi connectivity index (χ1v) is 18.3. The minimum Gasteiger partial charge on any atom is -0.481 e. The second-order valence-corrected chi connectivity index (χ2v) is 12.4. The molecule has 0 aromatic carbocycles. The molecule has 0 aromatic rings. The van der Waals surface area contributed by atoms with Crippen LogP contribution in [0.5, 0.6) is 0 Å². The summed E-state index contributed by atoms with van der Waals surface area (Å²) in [5, 5.41) is 9.10. The van der Waals surface area contributed by atoms with Crippen LogP contribution in [-0.4, -0.2) is 23.1 Å². The third-order valence-electron chi connectivity index (χ3n) is 8.19. The fourth-order valence-electron chi connectivity index (χ4n) is 5.44. The fraction of sp³-hybridized carbons (Fsp3) is 0.842. The smallest absolute Gasteiger partial charge is 0.306 e. The third kappa shape index (κ3) is 32.9. The first-order valence-electron chi connectivity index (χ1n) is 18.3. The molecule has 0 aliphatic heterocycles. The Morgan fingerprint density at radius 3 is 1.48 bits per heavy atom. The van der Waals surface area contributed by atoms with Gasteiger partial charge in [-0.25, -0.2) is 0 Å². The first-order chi connectivity index (χ1) is 20.6. The second-order valence-electron chi connectivity index (χ2n) is 12.4. The van der Waals surface area contributed by atoms with Gasteiger partial charge >= 0.3 is 11.9 Å². The molecular formula is C38H70O4. The first kappa shape index (κ1) is 40.4. The lowest BCUT2D eigenvalue weighted by Crippen LogP contribution is -2.19. The summed E-state index contributed by atoms with van der Waals surface area (Å²) < 4.78 is 5.72. The maximum atomic E-state index is 12.4. The van der Waals surface area contributed by atoms with Gasteiger partial charge in [-0.15, -0.1) is 0 Å². The van der Waals surface area contributed by atoms with Crippen LogP contribution in [-0.2, 0) is 14.3 Å². The topological polar surface area (TPSA) is 63.6 Å². The van der Waals surface area contributed by atoms with Gasteiger partial charge in [-0.05, 0) is 57.8 Å². The number of rotatable bonds is 33. The van der Waals surface area contributed by atoms with Gasteiger partial charge in [0.15, 0.2) is 0 Å². The normalized spacial score (nSPS) is 12.4. The van der Waals surface area contributed by atoms with E-state index < -0.39 is 5.97 Å². The molecule has 1 N–H and O–H groups in total. The standard InChI is InChI=1S/C38H70O4/c1-3-5-7-9-11-13-15-17-19-21-23-25-27-29-31-33-38(41)42-36(34-35-37(39)40)32-30-28-26-24-22-20-18-16-14-12-10-8-6-4-2/h11,13,17,19,36H,3-10,12,14-16,18,20-35H2,1-2H3,(H,39,40)/b13-11-,19-17-. The molecule has 0 aliphatic carbocycles. The van der Waals surface area contributed by atoms with E-state index in [2.05, 4.69) is 38.2 Å². The summed E-state index contributed by atoms with van der Waals surface area (Å²) in [6, 6.07) is 0. The molecule has 0 heterocycles. The Hall–Kier alpha value is -1.58. The lowest BCUT2D eigenvalue weighted by molar-refractivity contribution is -0.151. The van der Waals surface area contributed by atoms with E-state index in [4.69, 9.17) is 9.84 Å². The zero-order chi connectivity index (χ0) is 30.8. The van der Waals surface area contributed by atoms with Crippen molar-refractivity contribution in [2.75, 3.05) is 0 Å². The van der Waals surface area contributed by atoms with Gasteiger partial charge in [-0.1, -0.05) is 154 Å². The third-order valence-corrected chi connectivity index (χ3v) is 8.19. The molecule has 0 aliphatic rings. The van der Waals surface area contributed by atoms with Crippen molar-refractivity contribution in [3.63, 3.8) is 0 Å². The summed E-state index contributed by atoms with van der Waals surface area (Å²) in [6.07, 6.45) is 41.8. The maximum absolute atomic E-state index is 12.4. The Bertz CT molecular complexity index is 639. The van der Waals surface area contributed by atoms with Crippen molar-refractivity contribution in [1.82, 2.24) is 0 Å². The van der Waals surface area contributed by atoms with Gasteiger partial charge in [0, 0.05) is 12.8 Å². The monoisotopic (exact) mass is 591 g/mol. The highest BCUT2D eigenvalue weighted by atomic mass is 16.5. The van der Waals surface area contributed by atoms with E-state index in [1.165, 1.54) is 116 Å². The minimum absolute atomic E-state index is 0.0697.